The average Bonchev–Trinajstić information content (AvgIpc) is 2.53. The normalized spacial score (nSPS) is 15.3. The number of rotatable bonds is 4. The second-order valence-electron chi connectivity index (χ2n) is 5.55. The molecule has 0 bridgehead atoms. The first-order chi connectivity index (χ1) is 10.7. The van der Waals surface area contributed by atoms with Crippen molar-refractivity contribution in [2.45, 2.75) is 10.1 Å². The van der Waals surface area contributed by atoms with Crippen LogP contribution >= 0.6 is 24.2 Å². The zero-order valence-electron chi connectivity index (χ0n) is 13.2. The van der Waals surface area contributed by atoms with E-state index >= 15 is 0 Å². The number of fused-ring (bicyclic) bond motifs is 3. The van der Waals surface area contributed by atoms with Gasteiger partial charge >= 0.3 is 5.97 Å². The van der Waals surface area contributed by atoms with E-state index in [2.05, 4.69) is 18.2 Å². The molecule has 1 atom stereocenters. The predicted octanol–water partition coefficient (Wildman–Crippen LogP) is 4.03. The molecular weight excluding hydrogens is 330 g/mol. The summed E-state index contributed by atoms with van der Waals surface area (Å²) in [6.45, 7) is 1.16. The van der Waals surface area contributed by atoms with Crippen molar-refractivity contribution in [1.29, 1.82) is 0 Å². The molecule has 0 fully saturated rings. The molecule has 0 aliphatic carbocycles. The fourth-order valence-corrected chi connectivity index (χ4v) is 3.75. The molecule has 23 heavy (non-hydrogen) atoms. The molecule has 1 aliphatic heterocycles. The molecule has 0 saturated heterocycles. The van der Waals surface area contributed by atoms with E-state index in [9.17, 15) is 4.79 Å². The Balaban J connectivity index is 0.00000192. The van der Waals surface area contributed by atoms with E-state index in [1.54, 1.807) is 11.8 Å². The third-order valence-electron chi connectivity index (χ3n) is 3.66. The van der Waals surface area contributed by atoms with Gasteiger partial charge in [-0.3, -0.25) is 4.79 Å². The average molecular weight is 350 g/mol. The Labute approximate surface area is 147 Å². The number of likely N-dealkylation sites (N-methyl/N-ethyl adjacent to an activating group) is 1. The number of nitrogens with zero attached hydrogens (tertiary/aromatic N) is 1. The Morgan fingerprint density at radius 1 is 1.09 bits per heavy atom. The van der Waals surface area contributed by atoms with Gasteiger partial charge in [0.05, 0.1) is 0 Å². The van der Waals surface area contributed by atoms with Crippen LogP contribution in [0.1, 0.15) is 10.8 Å². The minimum Gasteiger partial charge on any atom is -0.463 e. The van der Waals surface area contributed by atoms with Crippen LogP contribution in [0.25, 0.3) is 11.1 Å². The second-order valence-corrected chi connectivity index (χ2v) is 6.70. The van der Waals surface area contributed by atoms with Crippen molar-refractivity contribution in [3.8, 4) is 11.1 Å². The third-order valence-corrected chi connectivity index (χ3v) is 4.95. The monoisotopic (exact) mass is 349 g/mol. The predicted molar refractivity (Wildman–Crippen MR) is 97.2 cm³/mol. The van der Waals surface area contributed by atoms with Crippen molar-refractivity contribution in [3.63, 3.8) is 0 Å². The van der Waals surface area contributed by atoms with Gasteiger partial charge in [0.15, 0.2) is 0 Å². The maximum Gasteiger partial charge on any atom is 0.324 e. The quantitative estimate of drug-likeness (QED) is 0.779. The maximum atomic E-state index is 12.5. The zero-order valence-corrected chi connectivity index (χ0v) is 14.8. The molecule has 5 heteroatoms. The number of ether oxygens (including phenoxy) is 1. The fourth-order valence-electron chi connectivity index (χ4n) is 2.53. The molecule has 1 aliphatic rings. The second kappa shape index (κ2) is 7.86. The van der Waals surface area contributed by atoms with Gasteiger partial charge in [0.2, 0.25) is 0 Å². The number of hydrogen-bond acceptors (Lipinski definition) is 4. The van der Waals surface area contributed by atoms with Gasteiger partial charge in [0, 0.05) is 11.4 Å². The molecule has 2 aromatic carbocycles. The van der Waals surface area contributed by atoms with Gasteiger partial charge in [-0.2, -0.15) is 0 Å². The molecule has 1 heterocycles. The van der Waals surface area contributed by atoms with Crippen LogP contribution in [0.2, 0.25) is 0 Å². The highest BCUT2D eigenvalue weighted by molar-refractivity contribution is 8.00. The summed E-state index contributed by atoms with van der Waals surface area (Å²) in [7, 11) is 3.93. The lowest BCUT2D eigenvalue weighted by Crippen LogP contribution is -2.23. The number of halogens is 1. The SMILES string of the molecule is CN(C)CCOC(=O)C1Sc2ccccc2-c2ccccc21.Cl. The number of hydrogen-bond donors (Lipinski definition) is 0. The summed E-state index contributed by atoms with van der Waals surface area (Å²) >= 11 is 1.58. The summed E-state index contributed by atoms with van der Waals surface area (Å²) in [4.78, 5) is 15.6. The molecular formula is C18H20ClNO2S. The maximum absolute atomic E-state index is 12.5. The van der Waals surface area contributed by atoms with E-state index in [-0.39, 0.29) is 23.6 Å². The van der Waals surface area contributed by atoms with Gasteiger partial charge in [0.1, 0.15) is 11.9 Å². The lowest BCUT2D eigenvalue weighted by Gasteiger charge is -2.26. The molecule has 0 aromatic heterocycles. The third kappa shape index (κ3) is 3.89. The smallest absolute Gasteiger partial charge is 0.324 e. The van der Waals surface area contributed by atoms with E-state index in [0.717, 1.165) is 22.6 Å². The molecule has 1 unspecified atom stereocenters. The van der Waals surface area contributed by atoms with E-state index in [1.165, 1.54) is 5.56 Å². The first-order valence-electron chi connectivity index (χ1n) is 7.33. The van der Waals surface area contributed by atoms with Crippen LogP contribution in [0, 0.1) is 0 Å². The van der Waals surface area contributed by atoms with Gasteiger partial charge in [0.25, 0.3) is 0 Å². The highest BCUT2D eigenvalue weighted by Crippen LogP contribution is 2.49. The highest BCUT2D eigenvalue weighted by atomic mass is 35.5. The van der Waals surface area contributed by atoms with Crippen molar-refractivity contribution in [2.75, 3.05) is 27.2 Å². The van der Waals surface area contributed by atoms with E-state index in [1.807, 2.05) is 49.3 Å². The molecule has 0 saturated carbocycles. The summed E-state index contributed by atoms with van der Waals surface area (Å²) in [6, 6.07) is 16.3. The van der Waals surface area contributed by atoms with Crippen LogP contribution in [-0.2, 0) is 9.53 Å². The number of thioether (sulfide) groups is 1. The first-order valence-corrected chi connectivity index (χ1v) is 8.21. The Morgan fingerprint density at radius 2 is 1.74 bits per heavy atom. The van der Waals surface area contributed by atoms with Crippen LogP contribution in [0.3, 0.4) is 0 Å². The molecule has 3 rings (SSSR count). The van der Waals surface area contributed by atoms with Crippen LogP contribution in [0.15, 0.2) is 53.4 Å². The molecule has 0 radical (unpaired) electrons. The molecule has 2 aromatic rings. The highest BCUT2D eigenvalue weighted by Gasteiger charge is 2.31. The van der Waals surface area contributed by atoms with Gasteiger partial charge in [-0.15, -0.1) is 24.2 Å². The lowest BCUT2D eigenvalue weighted by molar-refractivity contribution is -0.143. The molecule has 3 nitrogen and oxygen atoms in total. The molecule has 0 spiro atoms. The van der Waals surface area contributed by atoms with E-state index in [4.69, 9.17) is 4.74 Å². The number of benzene rings is 2. The van der Waals surface area contributed by atoms with Crippen molar-refractivity contribution >= 4 is 30.1 Å². The Morgan fingerprint density at radius 3 is 2.48 bits per heavy atom. The van der Waals surface area contributed by atoms with E-state index in [0.29, 0.717) is 6.61 Å². The lowest BCUT2D eigenvalue weighted by atomic mass is 9.97. The van der Waals surface area contributed by atoms with Crippen LogP contribution in [0.5, 0.6) is 0 Å². The van der Waals surface area contributed by atoms with Crippen molar-refractivity contribution in [3.05, 3.63) is 54.1 Å². The van der Waals surface area contributed by atoms with Crippen molar-refractivity contribution in [1.82, 2.24) is 4.90 Å². The summed E-state index contributed by atoms with van der Waals surface area (Å²) in [6.07, 6.45) is 0. The fraction of sp³-hybridized carbons (Fsp3) is 0.278. The summed E-state index contributed by atoms with van der Waals surface area (Å²) < 4.78 is 5.46. The molecule has 0 N–H and O–H groups in total. The first kappa shape index (κ1) is 17.9. The van der Waals surface area contributed by atoms with Gasteiger partial charge in [-0.25, -0.2) is 0 Å². The molecule has 0 amide bonds. The zero-order chi connectivity index (χ0) is 15.5. The van der Waals surface area contributed by atoms with Gasteiger partial charge < -0.3 is 9.64 Å². The van der Waals surface area contributed by atoms with Crippen LogP contribution in [-0.4, -0.2) is 38.1 Å². The van der Waals surface area contributed by atoms with Gasteiger partial charge in [-0.05, 0) is 36.9 Å². The Bertz CT molecular complexity index is 690. The summed E-state index contributed by atoms with van der Waals surface area (Å²) in [5, 5.41) is -0.284. The van der Waals surface area contributed by atoms with Crippen molar-refractivity contribution in [2.24, 2.45) is 0 Å². The standard InChI is InChI=1S/C18H19NO2S.ClH/c1-19(2)11-12-21-18(20)17-15-9-4-3-7-13(15)14-8-5-6-10-16(14)22-17;/h3-10,17H,11-12H2,1-2H3;1H. The van der Waals surface area contributed by atoms with E-state index < -0.39 is 0 Å². The minimum atomic E-state index is -0.284. The topological polar surface area (TPSA) is 29.5 Å². The number of carbonyl (C=O) groups is 1. The Hall–Kier alpha value is -1.49. The largest absolute Gasteiger partial charge is 0.463 e. The number of carbonyl (C=O) groups excluding carboxylic acids is 1. The minimum absolute atomic E-state index is 0. The van der Waals surface area contributed by atoms with Crippen LogP contribution < -0.4 is 0 Å². The van der Waals surface area contributed by atoms with Crippen molar-refractivity contribution < 1.29 is 9.53 Å². The molecule has 122 valence electrons. The summed E-state index contributed by atoms with van der Waals surface area (Å²) in [5.41, 5.74) is 3.37. The Kier molecular flexibility index (Phi) is 6.10. The van der Waals surface area contributed by atoms with Gasteiger partial charge in [-0.1, -0.05) is 42.5 Å². The number of esters is 1. The van der Waals surface area contributed by atoms with Crippen LogP contribution in [0.4, 0.5) is 0 Å². The summed E-state index contributed by atoms with van der Waals surface area (Å²) in [5.74, 6) is -0.159.